The Kier molecular flexibility index (Phi) is 7.08. The number of esters is 1. The van der Waals surface area contributed by atoms with Crippen LogP contribution in [0.3, 0.4) is 0 Å². The summed E-state index contributed by atoms with van der Waals surface area (Å²) in [5.41, 5.74) is 2.48. The van der Waals surface area contributed by atoms with Gasteiger partial charge in [-0.2, -0.15) is 0 Å². The van der Waals surface area contributed by atoms with E-state index in [9.17, 15) is 14.0 Å². The van der Waals surface area contributed by atoms with Crippen LogP contribution in [0.4, 0.5) is 9.18 Å². The van der Waals surface area contributed by atoms with Crippen molar-refractivity contribution in [1.29, 1.82) is 0 Å². The van der Waals surface area contributed by atoms with Crippen LogP contribution in [-0.2, 0) is 14.3 Å². The quantitative estimate of drug-likeness (QED) is 0.548. The fourth-order valence-corrected chi connectivity index (χ4v) is 6.64. The van der Waals surface area contributed by atoms with E-state index < -0.39 is 0 Å². The van der Waals surface area contributed by atoms with Crippen molar-refractivity contribution in [2.45, 2.75) is 51.7 Å². The van der Waals surface area contributed by atoms with Gasteiger partial charge in [-0.1, -0.05) is 24.3 Å². The van der Waals surface area contributed by atoms with Crippen LogP contribution in [0.25, 0.3) is 17.2 Å². The van der Waals surface area contributed by atoms with Gasteiger partial charge in [-0.05, 0) is 87.1 Å². The van der Waals surface area contributed by atoms with Crippen molar-refractivity contribution in [2.24, 2.45) is 29.6 Å². The molecule has 1 aromatic carbocycles. The zero-order valence-electron chi connectivity index (χ0n) is 20.7. The molecule has 1 amide bonds. The summed E-state index contributed by atoms with van der Waals surface area (Å²) in [6.07, 6.45) is 9.07. The maximum Gasteiger partial charge on any atom is 0.407 e. The number of amides is 1. The summed E-state index contributed by atoms with van der Waals surface area (Å²) in [5.74, 6) is 0.629. The highest BCUT2D eigenvalue weighted by Crippen LogP contribution is 2.53. The number of carbonyl (C=O) groups excluding carboxylic acids is 2. The topological polar surface area (TPSA) is 77.5 Å². The lowest BCUT2D eigenvalue weighted by atomic mass is 9.57. The van der Waals surface area contributed by atoms with Gasteiger partial charge in [0.25, 0.3) is 0 Å². The number of allylic oxidation sites excluding steroid dienone is 1. The molecular formula is C29H33FN2O4. The number of hydrogen-bond donors (Lipinski definition) is 1. The number of alkyl carbamates (subject to hydrolysis) is 1. The lowest BCUT2D eigenvalue weighted by Crippen LogP contribution is -2.48. The van der Waals surface area contributed by atoms with E-state index in [0.29, 0.717) is 18.4 Å². The Balaban J connectivity index is 1.34. The van der Waals surface area contributed by atoms with Gasteiger partial charge in [0, 0.05) is 23.7 Å². The summed E-state index contributed by atoms with van der Waals surface area (Å²) in [4.78, 5) is 29.2. The van der Waals surface area contributed by atoms with Gasteiger partial charge in [0.15, 0.2) is 0 Å². The molecule has 7 unspecified atom stereocenters. The second-order valence-electron chi connectivity index (χ2n) is 10.3. The van der Waals surface area contributed by atoms with Crippen molar-refractivity contribution in [3.8, 4) is 11.1 Å². The third-order valence-electron chi connectivity index (χ3n) is 8.18. The SMILES string of the molecule is CCOC(=O)NC1CCC2C(C1)CC1C(=O)OC(C)C1C2/C=C/c1ccc(-c2cccc(F)c2)cn1. The molecule has 1 saturated heterocycles. The van der Waals surface area contributed by atoms with E-state index in [1.807, 2.05) is 31.2 Å². The number of carbonyl (C=O) groups is 2. The Morgan fingerprint density at radius 1 is 1.22 bits per heavy atom. The van der Waals surface area contributed by atoms with E-state index in [-0.39, 0.29) is 47.8 Å². The fraction of sp³-hybridized carbons (Fsp3) is 0.483. The van der Waals surface area contributed by atoms with Crippen molar-refractivity contribution < 1.29 is 23.5 Å². The van der Waals surface area contributed by atoms with Crippen LogP contribution in [0, 0.1) is 35.4 Å². The van der Waals surface area contributed by atoms with Crippen molar-refractivity contribution in [3.05, 3.63) is 60.2 Å². The predicted octanol–water partition coefficient (Wildman–Crippen LogP) is 5.63. The molecule has 36 heavy (non-hydrogen) atoms. The smallest absolute Gasteiger partial charge is 0.407 e. The van der Waals surface area contributed by atoms with Gasteiger partial charge in [0.05, 0.1) is 18.2 Å². The van der Waals surface area contributed by atoms with E-state index in [0.717, 1.165) is 42.5 Å². The molecule has 2 heterocycles. The molecule has 0 bridgehead atoms. The normalized spacial score (nSPS) is 31.4. The molecule has 7 heteroatoms. The first-order valence-electron chi connectivity index (χ1n) is 13.0. The third-order valence-corrected chi connectivity index (χ3v) is 8.18. The molecule has 1 aromatic heterocycles. The van der Waals surface area contributed by atoms with Crippen molar-refractivity contribution in [2.75, 3.05) is 6.61 Å². The zero-order valence-corrected chi connectivity index (χ0v) is 20.7. The monoisotopic (exact) mass is 492 g/mol. The Bertz CT molecular complexity index is 1130. The average Bonchev–Trinajstić information content (AvgIpc) is 3.15. The molecule has 3 fully saturated rings. The first-order valence-corrected chi connectivity index (χ1v) is 13.0. The number of halogens is 1. The Morgan fingerprint density at radius 2 is 2.08 bits per heavy atom. The number of pyridine rings is 1. The molecule has 190 valence electrons. The second kappa shape index (κ2) is 10.4. The molecule has 6 nitrogen and oxygen atoms in total. The second-order valence-corrected chi connectivity index (χ2v) is 10.3. The summed E-state index contributed by atoms with van der Waals surface area (Å²) in [6, 6.07) is 10.4. The van der Waals surface area contributed by atoms with Gasteiger partial charge in [-0.15, -0.1) is 0 Å². The van der Waals surface area contributed by atoms with Crippen LogP contribution >= 0.6 is 0 Å². The van der Waals surface area contributed by atoms with Gasteiger partial charge < -0.3 is 14.8 Å². The average molecular weight is 493 g/mol. The summed E-state index contributed by atoms with van der Waals surface area (Å²) in [5, 5.41) is 3.00. The molecule has 1 aliphatic heterocycles. The fourth-order valence-electron chi connectivity index (χ4n) is 6.64. The van der Waals surface area contributed by atoms with Crippen LogP contribution < -0.4 is 5.32 Å². The maximum absolute atomic E-state index is 13.6. The van der Waals surface area contributed by atoms with E-state index in [4.69, 9.17) is 9.47 Å². The molecule has 0 radical (unpaired) electrons. The summed E-state index contributed by atoms with van der Waals surface area (Å²) in [6.45, 7) is 4.15. The van der Waals surface area contributed by atoms with Crippen molar-refractivity contribution in [1.82, 2.24) is 10.3 Å². The predicted molar refractivity (Wildman–Crippen MR) is 134 cm³/mol. The van der Waals surface area contributed by atoms with E-state index in [1.165, 1.54) is 12.1 Å². The minimum atomic E-state index is -0.368. The van der Waals surface area contributed by atoms with Gasteiger partial charge in [-0.25, -0.2) is 9.18 Å². The van der Waals surface area contributed by atoms with E-state index >= 15 is 0 Å². The molecule has 7 atom stereocenters. The Morgan fingerprint density at radius 3 is 2.83 bits per heavy atom. The number of benzene rings is 1. The summed E-state index contributed by atoms with van der Waals surface area (Å²) in [7, 11) is 0. The van der Waals surface area contributed by atoms with Gasteiger partial charge in [0.2, 0.25) is 0 Å². The third kappa shape index (κ3) is 5.01. The lowest BCUT2D eigenvalue weighted by Gasteiger charge is -2.47. The highest BCUT2D eigenvalue weighted by molar-refractivity contribution is 5.75. The Labute approximate surface area is 211 Å². The maximum atomic E-state index is 13.6. The standard InChI is InChI=1S/C29H33FN2O4/c1-3-35-29(34)32-23-10-11-24-20(14-23)15-26-27(17(2)36-28(26)33)25(24)12-9-22-8-7-19(16-31-22)18-5-4-6-21(30)13-18/h4-9,12-13,16-17,20,23-27H,3,10-11,14-15H2,1-2H3,(H,32,34)/b12-9+. The number of ether oxygens (including phenoxy) is 2. The van der Waals surface area contributed by atoms with E-state index in [2.05, 4.69) is 16.4 Å². The lowest BCUT2D eigenvalue weighted by molar-refractivity contribution is -0.144. The van der Waals surface area contributed by atoms with Crippen LogP contribution in [0.2, 0.25) is 0 Å². The van der Waals surface area contributed by atoms with Crippen LogP contribution in [0.5, 0.6) is 0 Å². The van der Waals surface area contributed by atoms with Crippen LogP contribution in [-0.4, -0.2) is 35.8 Å². The number of fused-ring (bicyclic) bond motifs is 2. The van der Waals surface area contributed by atoms with E-state index in [1.54, 1.807) is 19.2 Å². The highest BCUT2D eigenvalue weighted by atomic mass is 19.1. The number of nitrogens with zero attached hydrogens (tertiary/aromatic N) is 1. The molecular weight excluding hydrogens is 459 g/mol. The van der Waals surface area contributed by atoms with Gasteiger partial charge in [-0.3, -0.25) is 9.78 Å². The minimum Gasteiger partial charge on any atom is -0.462 e. The van der Waals surface area contributed by atoms with Crippen molar-refractivity contribution in [3.63, 3.8) is 0 Å². The molecule has 2 saturated carbocycles. The molecule has 2 aromatic rings. The number of rotatable bonds is 5. The van der Waals surface area contributed by atoms with Crippen LogP contribution in [0.15, 0.2) is 48.7 Å². The highest BCUT2D eigenvalue weighted by Gasteiger charge is 2.54. The number of nitrogens with one attached hydrogen (secondary N) is 1. The molecule has 0 spiro atoms. The number of aromatic nitrogens is 1. The first-order chi connectivity index (χ1) is 17.4. The van der Waals surface area contributed by atoms with Crippen molar-refractivity contribution >= 4 is 18.1 Å². The largest absolute Gasteiger partial charge is 0.462 e. The van der Waals surface area contributed by atoms with Gasteiger partial charge >= 0.3 is 12.1 Å². The molecule has 3 aliphatic rings. The number of cyclic esters (lactones) is 1. The number of hydrogen-bond acceptors (Lipinski definition) is 5. The van der Waals surface area contributed by atoms with Crippen LogP contribution in [0.1, 0.15) is 45.2 Å². The molecule has 2 aliphatic carbocycles. The first kappa shape index (κ1) is 24.5. The van der Waals surface area contributed by atoms with Gasteiger partial charge in [0.1, 0.15) is 11.9 Å². The minimum absolute atomic E-state index is 0.0679. The zero-order chi connectivity index (χ0) is 25.2. The summed E-state index contributed by atoms with van der Waals surface area (Å²) < 4.78 is 24.3. The molecule has 5 rings (SSSR count). The molecule has 1 N–H and O–H groups in total. The Hall–Kier alpha value is -3.22. The summed E-state index contributed by atoms with van der Waals surface area (Å²) >= 11 is 0.